The quantitative estimate of drug-likeness (QED) is 0.838. The minimum Gasteiger partial charge on any atom is -0.482 e. The molecule has 0 unspecified atom stereocenters. The van der Waals surface area contributed by atoms with Crippen molar-refractivity contribution in [1.82, 2.24) is 0 Å². The van der Waals surface area contributed by atoms with Crippen LogP contribution in [0.5, 0.6) is 5.75 Å². The summed E-state index contributed by atoms with van der Waals surface area (Å²) in [5, 5.41) is 3.59. The highest BCUT2D eigenvalue weighted by molar-refractivity contribution is 6.34. The number of hydrogen-bond donors (Lipinski definition) is 2. The van der Waals surface area contributed by atoms with Gasteiger partial charge in [0.25, 0.3) is 5.91 Å². The molecular formula is C15H14Cl2N2O2. The third kappa shape index (κ3) is 4.03. The fourth-order valence-electron chi connectivity index (χ4n) is 1.77. The molecule has 110 valence electrons. The molecule has 0 spiro atoms. The molecular weight excluding hydrogens is 311 g/mol. The molecule has 0 aliphatic carbocycles. The van der Waals surface area contributed by atoms with Crippen LogP contribution in [0.2, 0.25) is 10.0 Å². The molecule has 0 saturated heterocycles. The molecule has 0 fully saturated rings. The number of aryl methyl sites for hydroxylation is 1. The van der Waals surface area contributed by atoms with Crippen molar-refractivity contribution in [3.05, 3.63) is 52.0 Å². The smallest absolute Gasteiger partial charge is 0.262 e. The zero-order chi connectivity index (χ0) is 15.4. The zero-order valence-corrected chi connectivity index (χ0v) is 12.8. The highest BCUT2D eigenvalue weighted by atomic mass is 35.5. The fourth-order valence-corrected chi connectivity index (χ4v) is 2.10. The van der Waals surface area contributed by atoms with Crippen molar-refractivity contribution < 1.29 is 9.53 Å². The Kier molecular flexibility index (Phi) is 4.94. The van der Waals surface area contributed by atoms with E-state index in [-0.39, 0.29) is 12.5 Å². The van der Waals surface area contributed by atoms with Gasteiger partial charge in [0.2, 0.25) is 0 Å². The number of nitrogen functional groups attached to an aromatic ring is 1. The number of rotatable bonds is 4. The van der Waals surface area contributed by atoms with Crippen LogP contribution < -0.4 is 15.8 Å². The van der Waals surface area contributed by atoms with E-state index >= 15 is 0 Å². The van der Waals surface area contributed by atoms with Crippen LogP contribution in [-0.2, 0) is 4.79 Å². The van der Waals surface area contributed by atoms with Crippen LogP contribution in [0.15, 0.2) is 36.4 Å². The molecule has 4 nitrogen and oxygen atoms in total. The van der Waals surface area contributed by atoms with Crippen molar-refractivity contribution in [3.8, 4) is 5.75 Å². The Bertz CT molecular complexity index is 654. The lowest BCUT2D eigenvalue weighted by Crippen LogP contribution is -2.21. The van der Waals surface area contributed by atoms with E-state index in [4.69, 9.17) is 33.7 Å². The number of carbonyl (C=O) groups is 1. The first-order chi connectivity index (χ1) is 9.97. The maximum atomic E-state index is 11.9. The van der Waals surface area contributed by atoms with Crippen LogP contribution >= 0.6 is 23.2 Å². The monoisotopic (exact) mass is 324 g/mol. The molecule has 0 aliphatic rings. The van der Waals surface area contributed by atoms with Crippen LogP contribution in [0, 0.1) is 6.92 Å². The van der Waals surface area contributed by atoms with Crippen molar-refractivity contribution in [2.24, 2.45) is 0 Å². The lowest BCUT2D eigenvalue weighted by atomic mass is 10.1. The largest absolute Gasteiger partial charge is 0.482 e. The summed E-state index contributed by atoms with van der Waals surface area (Å²) >= 11 is 11.8. The van der Waals surface area contributed by atoms with Crippen LogP contribution in [0.25, 0.3) is 0 Å². The second-order valence-electron chi connectivity index (χ2n) is 4.45. The first-order valence-corrected chi connectivity index (χ1v) is 6.96. The molecule has 0 radical (unpaired) electrons. The molecule has 0 aliphatic heterocycles. The number of benzene rings is 2. The SMILES string of the molecule is Cc1cccc(N)c1NC(=O)COc1cc(Cl)ccc1Cl. The van der Waals surface area contributed by atoms with Gasteiger partial charge in [-0.05, 0) is 30.7 Å². The number of ether oxygens (including phenoxy) is 1. The predicted molar refractivity (Wildman–Crippen MR) is 86.2 cm³/mol. The first-order valence-electron chi connectivity index (χ1n) is 6.20. The average Bonchev–Trinajstić information content (AvgIpc) is 2.44. The van der Waals surface area contributed by atoms with Crippen molar-refractivity contribution in [2.75, 3.05) is 17.7 Å². The van der Waals surface area contributed by atoms with E-state index in [9.17, 15) is 4.79 Å². The number of halogens is 2. The van der Waals surface area contributed by atoms with Crippen LogP contribution in [0.3, 0.4) is 0 Å². The number of para-hydroxylation sites is 1. The predicted octanol–water partition coefficient (Wildman–Crippen LogP) is 3.90. The van der Waals surface area contributed by atoms with Crippen molar-refractivity contribution in [1.29, 1.82) is 0 Å². The summed E-state index contributed by atoms with van der Waals surface area (Å²) in [7, 11) is 0. The van der Waals surface area contributed by atoms with E-state index in [1.54, 1.807) is 24.3 Å². The van der Waals surface area contributed by atoms with Crippen molar-refractivity contribution in [3.63, 3.8) is 0 Å². The normalized spacial score (nSPS) is 10.2. The third-order valence-electron chi connectivity index (χ3n) is 2.82. The lowest BCUT2D eigenvalue weighted by Gasteiger charge is -2.12. The van der Waals surface area contributed by atoms with E-state index in [0.717, 1.165) is 5.56 Å². The van der Waals surface area contributed by atoms with Gasteiger partial charge >= 0.3 is 0 Å². The molecule has 0 bridgehead atoms. The summed E-state index contributed by atoms with van der Waals surface area (Å²) in [6.45, 7) is 1.68. The van der Waals surface area contributed by atoms with Gasteiger partial charge < -0.3 is 15.8 Å². The highest BCUT2D eigenvalue weighted by Crippen LogP contribution is 2.28. The maximum absolute atomic E-state index is 11.9. The van der Waals surface area contributed by atoms with Gasteiger partial charge in [0, 0.05) is 11.1 Å². The average molecular weight is 325 g/mol. The molecule has 0 atom stereocenters. The zero-order valence-electron chi connectivity index (χ0n) is 11.3. The molecule has 2 aromatic carbocycles. The number of carbonyl (C=O) groups excluding carboxylic acids is 1. The highest BCUT2D eigenvalue weighted by Gasteiger charge is 2.10. The van der Waals surface area contributed by atoms with Crippen LogP contribution in [-0.4, -0.2) is 12.5 Å². The molecule has 2 rings (SSSR count). The van der Waals surface area contributed by atoms with E-state index in [0.29, 0.717) is 27.2 Å². The summed E-state index contributed by atoms with van der Waals surface area (Å²) in [6, 6.07) is 10.2. The van der Waals surface area contributed by atoms with Crippen molar-refractivity contribution >= 4 is 40.5 Å². The molecule has 6 heteroatoms. The van der Waals surface area contributed by atoms with Gasteiger partial charge in [-0.2, -0.15) is 0 Å². The lowest BCUT2D eigenvalue weighted by molar-refractivity contribution is -0.118. The summed E-state index contributed by atoms with van der Waals surface area (Å²) < 4.78 is 5.36. The van der Waals surface area contributed by atoms with E-state index in [2.05, 4.69) is 5.32 Å². The third-order valence-corrected chi connectivity index (χ3v) is 3.37. The topological polar surface area (TPSA) is 64.3 Å². The summed E-state index contributed by atoms with van der Waals surface area (Å²) in [6.07, 6.45) is 0. The molecule has 3 N–H and O–H groups in total. The van der Waals surface area contributed by atoms with Gasteiger partial charge in [0.05, 0.1) is 16.4 Å². The summed E-state index contributed by atoms with van der Waals surface area (Å²) in [5.74, 6) is 0.0316. The van der Waals surface area contributed by atoms with Crippen molar-refractivity contribution in [2.45, 2.75) is 6.92 Å². The van der Waals surface area contributed by atoms with Gasteiger partial charge in [-0.1, -0.05) is 35.3 Å². The van der Waals surface area contributed by atoms with Gasteiger partial charge in [-0.3, -0.25) is 4.79 Å². The van der Waals surface area contributed by atoms with Crippen LogP contribution in [0.4, 0.5) is 11.4 Å². The molecule has 1 amide bonds. The number of nitrogens with one attached hydrogen (secondary N) is 1. The Balaban J connectivity index is 2.01. The Morgan fingerprint density at radius 3 is 2.76 bits per heavy atom. The Morgan fingerprint density at radius 1 is 1.29 bits per heavy atom. The number of nitrogens with two attached hydrogens (primary N) is 1. The number of anilines is 2. The molecule has 21 heavy (non-hydrogen) atoms. The number of hydrogen-bond acceptors (Lipinski definition) is 3. The Labute approximate surface area is 132 Å². The maximum Gasteiger partial charge on any atom is 0.262 e. The molecule has 0 heterocycles. The summed E-state index contributed by atoms with van der Waals surface area (Å²) in [5.41, 5.74) is 7.80. The second-order valence-corrected chi connectivity index (χ2v) is 5.29. The summed E-state index contributed by atoms with van der Waals surface area (Å²) in [4.78, 5) is 11.9. The van der Waals surface area contributed by atoms with Gasteiger partial charge in [0.1, 0.15) is 5.75 Å². The number of amides is 1. The molecule has 2 aromatic rings. The Hall–Kier alpha value is -1.91. The minimum atomic E-state index is -0.327. The van der Waals surface area contributed by atoms with Gasteiger partial charge in [0.15, 0.2) is 6.61 Å². The second kappa shape index (κ2) is 6.70. The first kappa shape index (κ1) is 15.5. The van der Waals surface area contributed by atoms with E-state index < -0.39 is 0 Å². The fraction of sp³-hybridized carbons (Fsp3) is 0.133. The van der Waals surface area contributed by atoms with Gasteiger partial charge in [-0.25, -0.2) is 0 Å². The van der Waals surface area contributed by atoms with Crippen LogP contribution in [0.1, 0.15) is 5.56 Å². The minimum absolute atomic E-state index is 0.187. The van der Waals surface area contributed by atoms with Gasteiger partial charge in [-0.15, -0.1) is 0 Å². The Morgan fingerprint density at radius 2 is 2.05 bits per heavy atom. The van der Waals surface area contributed by atoms with E-state index in [1.807, 2.05) is 19.1 Å². The molecule has 0 saturated carbocycles. The van der Waals surface area contributed by atoms with E-state index in [1.165, 1.54) is 0 Å². The standard InChI is InChI=1S/C15H14Cl2N2O2/c1-9-3-2-4-12(18)15(9)19-14(20)8-21-13-7-10(16)5-6-11(13)17/h2-7H,8,18H2,1H3,(H,19,20). The molecule has 0 aromatic heterocycles.